The van der Waals surface area contributed by atoms with E-state index in [2.05, 4.69) is 4.98 Å². The summed E-state index contributed by atoms with van der Waals surface area (Å²) in [4.78, 5) is 16.6. The van der Waals surface area contributed by atoms with Crippen molar-refractivity contribution in [3.8, 4) is 0 Å². The number of Topliss-reactive ketones (excluding diaryl/α,β-unsaturated/α-hetero) is 1. The Hall–Kier alpha value is -2.10. The highest BCUT2D eigenvalue weighted by Gasteiger charge is 2.29. The molecule has 1 heterocycles. The molecule has 1 aromatic heterocycles. The van der Waals surface area contributed by atoms with E-state index in [-0.39, 0.29) is 18.1 Å². The minimum atomic E-state index is -0.916. The lowest BCUT2D eigenvalue weighted by molar-refractivity contribution is -0.119. The molecule has 1 aromatic carbocycles. The van der Waals surface area contributed by atoms with Crippen LogP contribution in [-0.2, 0) is 17.6 Å². The number of benzene rings is 1. The zero-order chi connectivity index (χ0) is 14.1. The summed E-state index contributed by atoms with van der Waals surface area (Å²) in [7, 11) is 0. The molecule has 2 nitrogen and oxygen atoms in total. The van der Waals surface area contributed by atoms with Gasteiger partial charge in [-0.05, 0) is 42.2 Å². The number of pyridine rings is 1. The summed E-state index contributed by atoms with van der Waals surface area (Å²) in [6.07, 6.45) is 3.38. The summed E-state index contributed by atoms with van der Waals surface area (Å²) in [5.74, 6) is -2.03. The number of fused-ring (bicyclic) bond motifs is 1. The summed E-state index contributed by atoms with van der Waals surface area (Å²) in [5, 5.41) is 0. The fourth-order valence-corrected chi connectivity index (χ4v) is 2.70. The van der Waals surface area contributed by atoms with Gasteiger partial charge in [-0.15, -0.1) is 0 Å². The quantitative estimate of drug-likeness (QED) is 0.859. The van der Waals surface area contributed by atoms with Crippen molar-refractivity contribution in [2.45, 2.75) is 25.2 Å². The highest BCUT2D eigenvalue weighted by Crippen LogP contribution is 2.32. The van der Waals surface area contributed by atoms with Gasteiger partial charge in [0.25, 0.3) is 0 Å². The Labute approximate surface area is 115 Å². The van der Waals surface area contributed by atoms with Crippen molar-refractivity contribution >= 4 is 5.78 Å². The van der Waals surface area contributed by atoms with Gasteiger partial charge in [0.05, 0.1) is 11.6 Å². The van der Waals surface area contributed by atoms with Gasteiger partial charge < -0.3 is 0 Å². The monoisotopic (exact) mass is 273 g/mol. The molecule has 2 aromatic rings. The van der Waals surface area contributed by atoms with Crippen LogP contribution in [0, 0.1) is 11.6 Å². The fourth-order valence-electron chi connectivity index (χ4n) is 2.70. The second-order valence-corrected chi connectivity index (χ2v) is 5.03. The SMILES string of the molecule is O=C(Cc1ccc(F)c(F)c1)C1CCc2cccnc21. The molecule has 0 aliphatic heterocycles. The average Bonchev–Trinajstić information content (AvgIpc) is 2.87. The number of aromatic nitrogens is 1. The van der Waals surface area contributed by atoms with Crippen molar-refractivity contribution in [1.82, 2.24) is 4.98 Å². The van der Waals surface area contributed by atoms with Crippen LogP contribution in [0.4, 0.5) is 8.78 Å². The van der Waals surface area contributed by atoms with Gasteiger partial charge in [-0.25, -0.2) is 8.78 Å². The minimum Gasteiger partial charge on any atom is -0.299 e. The first-order valence-corrected chi connectivity index (χ1v) is 6.55. The highest BCUT2D eigenvalue weighted by atomic mass is 19.2. The zero-order valence-electron chi connectivity index (χ0n) is 10.8. The standard InChI is InChI=1S/C16H13F2NO/c17-13-6-3-10(8-14(13)18)9-15(20)12-5-4-11-2-1-7-19-16(11)12/h1-3,6-8,12H,4-5,9H2. The van der Waals surface area contributed by atoms with Crippen LogP contribution in [0.25, 0.3) is 0 Å². The Bertz CT molecular complexity index is 669. The molecule has 4 heteroatoms. The maximum atomic E-state index is 13.1. The third-order valence-electron chi connectivity index (χ3n) is 3.71. The van der Waals surface area contributed by atoms with Crippen LogP contribution >= 0.6 is 0 Å². The Morgan fingerprint density at radius 2 is 2.10 bits per heavy atom. The van der Waals surface area contributed by atoms with E-state index in [1.54, 1.807) is 6.20 Å². The third kappa shape index (κ3) is 2.33. The van der Waals surface area contributed by atoms with Crippen molar-refractivity contribution in [3.63, 3.8) is 0 Å². The number of aryl methyl sites for hydroxylation is 1. The number of hydrogen-bond acceptors (Lipinski definition) is 2. The van der Waals surface area contributed by atoms with E-state index in [1.165, 1.54) is 6.07 Å². The Kier molecular flexibility index (Phi) is 3.30. The molecular formula is C16H13F2NO. The lowest BCUT2D eigenvalue weighted by Gasteiger charge is -2.09. The van der Waals surface area contributed by atoms with Crippen LogP contribution in [0.5, 0.6) is 0 Å². The summed E-state index contributed by atoms with van der Waals surface area (Å²) in [6.45, 7) is 0. The fraction of sp³-hybridized carbons (Fsp3) is 0.250. The maximum Gasteiger partial charge on any atom is 0.159 e. The molecule has 0 radical (unpaired) electrons. The molecule has 1 aliphatic rings. The molecule has 0 fully saturated rings. The lowest BCUT2D eigenvalue weighted by Crippen LogP contribution is -2.13. The molecule has 0 bridgehead atoms. The van der Waals surface area contributed by atoms with Gasteiger partial charge in [0, 0.05) is 12.6 Å². The summed E-state index contributed by atoms with van der Waals surface area (Å²) in [6, 6.07) is 7.43. The second-order valence-electron chi connectivity index (χ2n) is 5.03. The van der Waals surface area contributed by atoms with Crippen molar-refractivity contribution in [1.29, 1.82) is 0 Å². The lowest BCUT2D eigenvalue weighted by atomic mass is 9.95. The van der Waals surface area contributed by atoms with Crippen molar-refractivity contribution < 1.29 is 13.6 Å². The third-order valence-corrected chi connectivity index (χ3v) is 3.71. The van der Waals surface area contributed by atoms with E-state index in [0.29, 0.717) is 5.56 Å². The average molecular weight is 273 g/mol. The van der Waals surface area contributed by atoms with Crippen molar-refractivity contribution in [2.24, 2.45) is 0 Å². The van der Waals surface area contributed by atoms with Gasteiger partial charge in [0.15, 0.2) is 11.6 Å². The largest absolute Gasteiger partial charge is 0.299 e. The molecule has 0 spiro atoms. The first-order valence-electron chi connectivity index (χ1n) is 6.55. The van der Waals surface area contributed by atoms with Gasteiger partial charge in [-0.2, -0.15) is 0 Å². The zero-order valence-corrected chi connectivity index (χ0v) is 10.8. The summed E-state index contributed by atoms with van der Waals surface area (Å²) in [5.41, 5.74) is 2.44. The Balaban J connectivity index is 1.79. The maximum absolute atomic E-state index is 13.1. The molecule has 1 aliphatic carbocycles. The van der Waals surface area contributed by atoms with Gasteiger partial charge in [0.1, 0.15) is 5.78 Å². The molecule has 0 saturated carbocycles. The number of halogens is 2. The van der Waals surface area contributed by atoms with Crippen molar-refractivity contribution in [2.75, 3.05) is 0 Å². The smallest absolute Gasteiger partial charge is 0.159 e. The first kappa shape index (κ1) is 12.9. The van der Waals surface area contributed by atoms with Crippen molar-refractivity contribution in [3.05, 3.63) is 65.0 Å². The number of ketones is 1. The molecule has 102 valence electrons. The van der Waals surface area contributed by atoms with Crippen LogP contribution in [-0.4, -0.2) is 10.8 Å². The van der Waals surface area contributed by atoms with Gasteiger partial charge in [-0.1, -0.05) is 12.1 Å². The van der Waals surface area contributed by atoms with Crippen LogP contribution in [0.2, 0.25) is 0 Å². The van der Waals surface area contributed by atoms with Crippen LogP contribution in [0.15, 0.2) is 36.5 Å². The molecule has 20 heavy (non-hydrogen) atoms. The van der Waals surface area contributed by atoms with Gasteiger partial charge in [0.2, 0.25) is 0 Å². The molecule has 0 amide bonds. The minimum absolute atomic E-state index is 0.00783. The Morgan fingerprint density at radius 1 is 1.25 bits per heavy atom. The normalized spacial score (nSPS) is 17.0. The van der Waals surface area contributed by atoms with Gasteiger partial charge >= 0.3 is 0 Å². The highest BCUT2D eigenvalue weighted by molar-refractivity contribution is 5.88. The van der Waals surface area contributed by atoms with E-state index < -0.39 is 11.6 Å². The van der Waals surface area contributed by atoms with E-state index in [1.807, 2.05) is 12.1 Å². The molecular weight excluding hydrogens is 260 g/mol. The number of nitrogens with zero attached hydrogens (tertiary/aromatic N) is 1. The van der Waals surface area contributed by atoms with Crippen LogP contribution in [0.3, 0.4) is 0 Å². The van der Waals surface area contributed by atoms with Crippen LogP contribution < -0.4 is 0 Å². The van der Waals surface area contributed by atoms with E-state index >= 15 is 0 Å². The number of hydrogen-bond donors (Lipinski definition) is 0. The summed E-state index contributed by atoms with van der Waals surface area (Å²) < 4.78 is 26.0. The topological polar surface area (TPSA) is 30.0 Å². The number of carbonyl (C=O) groups excluding carboxylic acids is 1. The first-order chi connectivity index (χ1) is 9.65. The van der Waals surface area contributed by atoms with E-state index in [0.717, 1.165) is 36.2 Å². The molecule has 3 rings (SSSR count). The predicted octanol–water partition coefficient (Wildman–Crippen LogP) is 3.20. The number of carbonyl (C=O) groups is 1. The van der Waals surface area contributed by atoms with E-state index in [4.69, 9.17) is 0 Å². The van der Waals surface area contributed by atoms with E-state index in [9.17, 15) is 13.6 Å². The molecule has 1 atom stereocenters. The van der Waals surface area contributed by atoms with Crippen LogP contribution in [0.1, 0.15) is 29.2 Å². The molecule has 0 saturated heterocycles. The predicted molar refractivity (Wildman–Crippen MR) is 70.4 cm³/mol. The second kappa shape index (κ2) is 5.12. The number of rotatable bonds is 3. The molecule has 0 N–H and O–H groups in total. The Morgan fingerprint density at radius 3 is 2.90 bits per heavy atom. The molecule has 1 unspecified atom stereocenters. The van der Waals surface area contributed by atoms with Gasteiger partial charge in [-0.3, -0.25) is 9.78 Å². The summed E-state index contributed by atoms with van der Waals surface area (Å²) >= 11 is 0.